The summed E-state index contributed by atoms with van der Waals surface area (Å²) in [6.45, 7) is 9.62. The van der Waals surface area contributed by atoms with Gasteiger partial charge in [0.1, 0.15) is 26.3 Å². The van der Waals surface area contributed by atoms with Crippen molar-refractivity contribution in [3.05, 3.63) is 0 Å². The number of nitrogens with zero attached hydrogens (tertiary/aromatic N) is 2. The molecule has 0 amide bonds. The first-order chi connectivity index (χ1) is 20.6. The van der Waals surface area contributed by atoms with Crippen LogP contribution in [0.3, 0.4) is 0 Å². The molecule has 0 aliphatic carbocycles. The highest BCUT2D eigenvalue weighted by atomic mass is 79.9. The number of ether oxygens (including phenoxy) is 2. The van der Waals surface area contributed by atoms with Gasteiger partial charge in [0.25, 0.3) is 0 Å². The van der Waals surface area contributed by atoms with E-state index >= 15 is 0 Å². The van der Waals surface area contributed by atoms with Crippen LogP contribution in [0.25, 0.3) is 0 Å². The van der Waals surface area contributed by atoms with Crippen molar-refractivity contribution in [2.24, 2.45) is 0 Å². The summed E-state index contributed by atoms with van der Waals surface area (Å²) in [5, 5.41) is 0. The topological polar surface area (TPSA) is 52.6 Å². The third-order valence-corrected chi connectivity index (χ3v) is 8.92. The van der Waals surface area contributed by atoms with E-state index in [4.69, 9.17) is 9.47 Å². The van der Waals surface area contributed by atoms with Crippen LogP contribution in [-0.4, -0.2) is 88.5 Å². The summed E-state index contributed by atoms with van der Waals surface area (Å²) >= 11 is 0. The predicted octanol–water partition coefficient (Wildman–Crippen LogP) is 3.25. The molecule has 0 unspecified atom stereocenters. The highest BCUT2D eigenvalue weighted by molar-refractivity contribution is 5.69. The lowest BCUT2D eigenvalue weighted by Crippen LogP contribution is -3.00. The normalized spacial score (nSPS) is 11.5. The SMILES string of the molecule is CCCCCCCCCC[N+](C)(C)CCOC(=O)CCCCCCCC(=O)OCC[N+](C)(C)CCCCCCCCCC.[Br-].[Br-]. The van der Waals surface area contributed by atoms with E-state index in [0.717, 1.165) is 67.2 Å². The van der Waals surface area contributed by atoms with Crippen molar-refractivity contribution >= 4 is 11.9 Å². The Balaban J connectivity index is -0.00000882. The molecule has 0 spiro atoms. The summed E-state index contributed by atoms with van der Waals surface area (Å²) < 4.78 is 12.9. The Kier molecular flexibility index (Phi) is 36.9. The maximum absolute atomic E-state index is 12.1. The molecule has 0 saturated carbocycles. The van der Waals surface area contributed by atoms with Crippen LogP contribution in [0.15, 0.2) is 0 Å². The minimum absolute atomic E-state index is 0. The molecule has 0 bridgehead atoms. The molecule has 0 aromatic carbocycles. The van der Waals surface area contributed by atoms with Crippen LogP contribution in [0.4, 0.5) is 0 Å². The van der Waals surface area contributed by atoms with Crippen LogP contribution >= 0.6 is 0 Å². The molecule has 0 aliphatic rings. The molecule has 45 heavy (non-hydrogen) atoms. The van der Waals surface area contributed by atoms with Gasteiger partial charge in [-0.05, 0) is 38.5 Å². The highest BCUT2D eigenvalue weighted by Crippen LogP contribution is 2.13. The van der Waals surface area contributed by atoms with Gasteiger partial charge in [0.05, 0.1) is 41.3 Å². The summed E-state index contributed by atoms with van der Waals surface area (Å²) in [6, 6.07) is 0. The van der Waals surface area contributed by atoms with E-state index in [-0.39, 0.29) is 45.9 Å². The Labute approximate surface area is 301 Å². The number of rotatable bonds is 32. The molecule has 0 radical (unpaired) electrons. The van der Waals surface area contributed by atoms with Gasteiger partial charge in [0.2, 0.25) is 0 Å². The Morgan fingerprint density at radius 2 is 0.667 bits per heavy atom. The molecular weight excluding hydrogens is 696 g/mol. The fraction of sp³-hybridized carbons (Fsp3) is 0.946. The average Bonchev–Trinajstić information content (AvgIpc) is 2.95. The van der Waals surface area contributed by atoms with Crippen molar-refractivity contribution < 1.29 is 62.0 Å². The van der Waals surface area contributed by atoms with E-state index in [2.05, 4.69) is 42.0 Å². The molecule has 6 nitrogen and oxygen atoms in total. The molecule has 0 aromatic heterocycles. The molecule has 0 N–H and O–H groups in total. The van der Waals surface area contributed by atoms with Crippen LogP contribution in [-0.2, 0) is 19.1 Å². The molecule has 8 heteroatoms. The number of quaternary nitrogens is 2. The zero-order chi connectivity index (χ0) is 32.1. The quantitative estimate of drug-likeness (QED) is 0.0600. The molecule has 0 aliphatic heterocycles. The van der Waals surface area contributed by atoms with Crippen LogP contribution in [0.1, 0.15) is 162 Å². The molecule has 0 saturated heterocycles. The monoisotopic (exact) mass is 770 g/mol. The highest BCUT2D eigenvalue weighted by Gasteiger charge is 2.16. The second kappa shape index (κ2) is 33.7. The Hall–Kier alpha value is -0.180. The Morgan fingerprint density at radius 3 is 0.978 bits per heavy atom. The number of likely N-dealkylation sites (N-methyl/N-ethyl adjacent to an activating group) is 2. The lowest BCUT2D eigenvalue weighted by molar-refractivity contribution is -0.890. The van der Waals surface area contributed by atoms with Gasteiger partial charge in [0, 0.05) is 12.8 Å². The van der Waals surface area contributed by atoms with Gasteiger partial charge in [-0.15, -0.1) is 0 Å². The van der Waals surface area contributed by atoms with Gasteiger partial charge in [0.15, 0.2) is 0 Å². The second-order valence-electron chi connectivity index (χ2n) is 14.4. The van der Waals surface area contributed by atoms with Crippen molar-refractivity contribution in [2.75, 3.05) is 67.6 Å². The van der Waals surface area contributed by atoms with Gasteiger partial charge < -0.3 is 52.4 Å². The van der Waals surface area contributed by atoms with Gasteiger partial charge in [-0.1, -0.05) is 110 Å². The van der Waals surface area contributed by atoms with Gasteiger partial charge in [-0.3, -0.25) is 9.59 Å². The molecule has 0 heterocycles. The number of carbonyl (C=O) groups excluding carboxylic acids is 2. The van der Waals surface area contributed by atoms with Crippen LogP contribution in [0, 0.1) is 0 Å². The van der Waals surface area contributed by atoms with E-state index < -0.39 is 0 Å². The maximum atomic E-state index is 12.1. The van der Waals surface area contributed by atoms with E-state index in [1.807, 2.05) is 0 Å². The maximum Gasteiger partial charge on any atom is 0.305 e. The minimum atomic E-state index is -0.0700. The fourth-order valence-corrected chi connectivity index (χ4v) is 5.60. The van der Waals surface area contributed by atoms with Crippen LogP contribution in [0.2, 0.25) is 0 Å². The first-order valence-corrected chi connectivity index (χ1v) is 18.6. The summed E-state index contributed by atoms with van der Waals surface area (Å²) in [6.07, 6.45) is 27.3. The first-order valence-electron chi connectivity index (χ1n) is 18.6. The summed E-state index contributed by atoms with van der Waals surface area (Å²) in [7, 11) is 8.96. The Morgan fingerprint density at radius 1 is 0.400 bits per heavy atom. The zero-order valence-electron chi connectivity index (χ0n) is 30.8. The summed E-state index contributed by atoms with van der Waals surface area (Å²) in [5.74, 6) is -0.140. The third-order valence-electron chi connectivity index (χ3n) is 8.92. The molecular formula is C37H76Br2N2O4. The van der Waals surface area contributed by atoms with E-state index in [0.29, 0.717) is 26.1 Å². The third kappa shape index (κ3) is 36.5. The lowest BCUT2D eigenvalue weighted by Gasteiger charge is -2.29. The van der Waals surface area contributed by atoms with E-state index in [1.165, 1.54) is 103 Å². The van der Waals surface area contributed by atoms with Crippen molar-refractivity contribution in [3.8, 4) is 0 Å². The van der Waals surface area contributed by atoms with Gasteiger partial charge in [-0.25, -0.2) is 0 Å². The van der Waals surface area contributed by atoms with Crippen LogP contribution in [0.5, 0.6) is 0 Å². The van der Waals surface area contributed by atoms with Gasteiger partial charge in [-0.2, -0.15) is 0 Å². The first kappa shape index (κ1) is 49.2. The predicted molar refractivity (Wildman–Crippen MR) is 183 cm³/mol. The number of hydrogen-bond donors (Lipinski definition) is 0. The number of hydrogen-bond acceptors (Lipinski definition) is 4. The standard InChI is InChI=1S/C37H76N2O4.2BrH/c1-7-9-11-13-15-17-22-26-30-38(3,4)32-34-42-36(40)28-24-20-19-21-25-29-37(41)43-35-33-39(5,6)31-27-23-18-16-14-12-10-8-2;;/h7-35H2,1-6H3;2*1H/q+2;;/p-2. The Bertz CT molecular complexity index is 608. The average molecular weight is 773 g/mol. The number of halogens is 2. The smallest absolute Gasteiger partial charge is 0.305 e. The van der Waals surface area contributed by atoms with Gasteiger partial charge >= 0.3 is 11.9 Å². The number of carbonyl (C=O) groups is 2. The minimum Gasteiger partial charge on any atom is -1.00 e. The zero-order valence-corrected chi connectivity index (χ0v) is 34.0. The van der Waals surface area contributed by atoms with Crippen molar-refractivity contribution in [1.29, 1.82) is 0 Å². The fourth-order valence-electron chi connectivity index (χ4n) is 5.60. The number of esters is 2. The van der Waals surface area contributed by atoms with Crippen LogP contribution < -0.4 is 34.0 Å². The molecule has 0 atom stereocenters. The van der Waals surface area contributed by atoms with Crippen molar-refractivity contribution in [2.45, 2.75) is 162 Å². The largest absolute Gasteiger partial charge is 1.00 e. The van der Waals surface area contributed by atoms with Crippen molar-refractivity contribution in [3.63, 3.8) is 0 Å². The van der Waals surface area contributed by atoms with Crippen molar-refractivity contribution in [1.82, 2.24) is 0 Å². The summed E-state index contributed by atoms with van der Waals surface area (Å²) in [5.41, 5.74) is 0. The number of unbranched alkanes of at least 4 members (excludes halogenated alkanes) is 18. The molecule has 0 fully saturated rings. The van der Waals surface area contributed by atoms with E-state index in [9.17, 15) is 9.59 Å². The summed E-state index contributed by atoms with van der Waals surface area (Å²) in [4.78, 5) is 24.3. The second-order valence-corrected chi connectivity index (χ2v) is 14.4. The molecule has 0 aromatic rings. The molecule has 0 rings (SSSR count). The molecule has 272 valence electrons. The lowest BCUT2D eigenvalue weighted by atomic mass is 10.1. The van der Waals surface area contributed by atoms with E-state index in [1.54, 1.807) is 0 Å².